The molecule has 9 heteroatoms. The van der Waals surface area contributed by atoms with Crippen LogP contribution in [0.5, 0.6) is 17.2 Å². The van der Waals surface area contributed by atoms with Crippen LogP contribution in [0.2, 0.25) is 0 Å². The number of amides is 1. The molecule has 194 valence electrons. The Hall–Kier alpha value is -4.37. The zero-order valence-electron chi connectivity index (χ0n) is 21.3. The molecule has 1 N–H and O–H groups in total. The van der Waals surface area contributed by atoms with Gasteiger partial charge in [-0.2, -0.15) is 0 Å². The third-order valence-corrected chi connectivity index (χ3v) is 7.43. The number of aliphatic hydroxyl groups is 1. The highest BCUT2D eigenvalue weighted by Gasteiger charge is 2.48. The van der Waals surface area contributed by atoms with Gasteiger partial charge >= 0.3 is 5.91 Å². The van der Waals surface area contributed by atoms with Gasteiger partial charge in [0.2, 0.25) is 0 Å². The summed E-state index contributed by atoms with van der Waals surface area (Å²) < 4.78 is 17.0. The van der Waals surface area contributed by atoms with Crippen LogP contribution >= 0.6 is 11.3 Å². The number of aromatic nitrogens is 1. The third-order valence-electron chi connectivity index (χ3n) is 6.41. The molecule has 3 aromatic carbocycles. The molecule has 1 aliphatic heterocycles. The summed E-state index contributed by atoms with van der Waals surface area (Å²) >= 11 is 1.27. The second-order valence-electron chi connectivity index (χ2n) is 8.69. The molecule has 1 amide bonds. The van der Waals surface area contributed by atoms with Crippen molar-refractivity contribution in [1.82, 2.24) is 4.98 Å². The summed E-state index contributed by atoms with van der Waals surface area (Å²) in [6, 6.07) is 16.8. The van der Waals surface area contributed by atoms with Gasteiger partial charge in [0.15, 0.2) is 5.13 Å². The number of methoxy groups -OCH3 is 2. The Morgan fingerprint density at radius 2 is 1.74 bits per heavy atom. The molecule has 0 spiro atoms. The Balaban J connectivity index is 1.69. The first kappa shape index (κ1) is 25.3. The molecule has 1 atom stereocenters. The number of hydrogen-bond acceptors (Lipinski definition) is 8. The maximum atomic E-state index is 13.5. The number of carbonyl (C=O) groups is 2. The lowest BCUT2D eigenvalue weighted by Crippen LogP contribution is -2.29. The molecule has 38 heavy (non-hydrogen) atoms. The first-order chi connectivity index (χ1) is 18.4. The highest BCUT2D eigenvalue weighted by molar-refractivity contribution is 7.22. The summed E-state index contributed by atoms with van der Waals surface area (Å²) in [5, 5.41) is 11.8. The zero-order chi connectivity index (χ0) is 27.0. The fourth-order valence-corrected chi connectivity index (χ4v) is 5.58. The number of benzene rings is 3. The van der Waals surface area contributed by atoms with E-state index < -0.39 is 17.7 Å². The van der Waals surface area contributed by atoms with Crippen LogP contribution in [0.1, 0.15) is 29.7 Å². The number of ketones is 1. The Morgan fingerprint density at radius 3 is 2.39 bits per heavy atom. The average molecular weight is 531 g/mol. The van der Waals surface area contributed by atoms with E-state index >= 15 is 0 Å². The van der Waals surface area contributed by atoms with Gasteiger partial charge in [0.05, 0.1) is 42.7 Å². The van der Waals surface area contributed by atoms with E-state index in [4.69, 9.17) is 14.2 Å². The van der Waals surface area contributed by atoms with Crippen LogP contribution in [0.25, 0.3) is 16.0 Å². The number of ether oxygens (including phenoxy) is 3. The first-order valence-corrected chi connectivity index (χ1v) is 12.8. The molecular weight excluding hydrogens is 504 g/mol. The summed E-state index contributed by atoms with van der Waals surface area (Å²) in [5.41, 5.74) is 2.48. The standard InChI is InChI=1S/C29H26N2O6S/c1-5-37-19-9-6-17(7-10-19)25-24(26(32)18-8-13-22(36-4)16(2)14-18)27(33)28(34)31(25)29-30-21-12-11-20(35-3)15-23(21)38-29/h6-15,25,32H,5H2,1-4H3/t25-/m0/s1. The van der Waals surface area contributed by atoms with Crippen molar-refractivity contribution < 1.29 is 28.9 Å². The Kier molecular flexibility index (Phi) is 6.77. The van der Waals surface area contributed by atoms with Crippen molar-refractivity contribution in [2.45, 2.75) is 19.9 Å². The van der Waals surface area contributed by atoms with Crippen LogP contribution in [0.3, 0.4) is 0 Å². The number of aryl methyl sites for hydroxylation is 1. The second kappa shape index (κ2) is 10.2. The molecule has 1 aliphatic rings. The van der Waals surface area contributed by atoms with E-state index in [0.29, 0.717) is 45.6 Å². The minimum atomic E-state index is -0.893. The lowest BCUT2D eigenvalue weighted by molar-refractivity contribution is -0.132. The molecule has 0 bridgehead atoms. The number of nitrogens with zero attached hydrogens (tertiary/aromatic N) is 2. The first-order valence-electron chi connectivity index (χ1n) is 12.0. The number of hydrogen-bond donors (Lipinski definition) is 1. The molecule has 0 unspecified atom stereocenters. The number of aliphatic hydroxyl groups excluding tert-OH is 1. The molecule has 5 rings (SSSR count). The lowest BCUT2D eigenvalue weighted by Gasteiger charge is -2.23. The Labute approximate surface area is 223 Å². The van der Waals surface area contributed by atoms with Crippen LogP contribution in [-0.2, 0) is 9.59 Å². The van der Waals surface area contributed by atoms with Crippen LogP contribution in [0.4, 0.5) is 5.13 Å². The van der Waals surface area contributed by atoms with E-state index in [1.54, 1.807) is 68.8 Å². The quantitative estimate of drug-likeness (QED) is 0.187. The van der Waals surface area contributed by atoms with Gasteiger partial charge in [-0.3, -0.25) is 14.5 Å². The Morgan fingerprint density at radius 1 is 1.00 bits per heavy atom. The molecule has 8 nitrogen and oxygen atoms in total. The summed E-state index contributed by atoms with van der Waals surface area (Å²) in [6.45, 7) is 4.24. The van der Waals surface area contributed by atoms with E-state index in [0.717, 1.165) is 10.3 Å². The van der Waals surface area contributed by atoms with Crippen molar-refractivity contribution in [3.05, 3.63) is 82.9 Å². The fraction of sp³-hybridized carbons (Fsp3) is 0.207. The lowest BCUT2D eigenvalue weighted by atomic mass is 9.95. The molecule has 2 heterocycles. The molecule has 1 aromatic heterocycles. The van der Waals surface area contributed by atoms with Crippen molar-refractivity contribution in [2.75, 3.05) is 25.7 Å². The minimum absolute atomic E-state index is 0.0134. The number of fused-ring (bicyclic) bond motifs is 1. The van der Waals surface area contributed by atoms with Gasteiger partial charge in [-0.1, -0.05) is 23.5 Å². The number of Topliss-reactive ketones (excluding diaryl/α,β-unsaturated/α-hetero) is 1. The molecule has 1 fully saturated rings. The minimum Gasteiger partial charge on any atom is -0.507 e. The van der Waals surface area contributed by atoms with Crippen LogP contribution in [0, 0.1) is 6.92 Å². The normalized spacial score (nSPS) is 16.7. The van der Waals surface area contributed by atoms with E-state index in [1.807, 2.05) is 19.9 Å². The maximum absolute atomic E-state index is 13.5. The molecule has 0 saturated carbocycles. The van der Waals surface area contributed by atoms with E-state index in [9.17, 15) is 14.7 Å². The number of rotatable bonds is 7. The summed E-state index contributed by atoms with van der Waals surface area (Å²) in [5.74, 6) is 0.153. The molecule has 4 aromatic rings. The van der Waals surface area contributed by atoms with Gasteiger partial charge < -0.3 is 19.3 Å². The zero-order valence-corrected chi connectivity index (χ0v) is 22.2. The number of carbonyl (C=O) groups excluding carboxylic acids is 2. The predicted octanol–water partition coefficient (Wildman–Crippen LogP) is 5.65. The summed E-state index contributed by atoms with van der Waals surface area (Å²) in [4.78, 5) is 33.0. The SMILES string of the molecule is CCOc1ccc([C@H]2C(=C(O)c3ccc(OC)c(C)c3)C(=O)C(=O)N2c2nc3ccc(OC)cc3s2)cc1. The van der Waals surface area contributed by atoms with E-state index in [2.05, 4.69) is 4.98 Å². The third kappa shape index (κ3) is 4.35. The van der Waals surface area contributed by atoms with Crippen LogP contribution < -0.4 is 19.1 Å². The van der Waals surface area contributed by atoms with Crippen molar-refractivity contribution in [1.29, 1.82) is 0 Å². The highest BCUT2D eigenvalue weighted by Crippen LogP contribution is 2.45. The van der Waals surface area contributed by atoms with Crippen LogP contribution in [0.15, 0.2) is 66.2 Å². The van der Waals surface area contributed by atoms with Gasteiger partial charge in [0.25, 0.3) is 5.78 Å². The van der Waals surface area contributed by atoms with Gasteiger partial charge in [-0.25, -0.2) is 4.98 Å². The van der Waals surface area contributed by atoms with Gasteiger partial charge in [0.1, 0.15) is 23.0 Å². The van der Waals surface area contributed by atoms with Gasteiger partial charge in [-0.15, -0.1) is 0 Å². The number of thiazole rings is 1. The van der Waals surface area contributed by atoms with Crippen molar-refractivity contribution in [3.8, 4) is 17.2 Å². The van der Waals surface area contributed by atoms with Crippen molar-refractivity contribution in [2.24, 2.45) is 0 Å². The largest absolute Gasteiger partial charge is 0.507 e. The smallest absolute Gasteiger partial charge is 0.301 e. The molecule has 1 saturated heterocycles. The molecular formula is C29H26N2O6S. The average Bonchev–Trinajstić information content (AvgIpc) is 3.46. The molecule has 0 aliphatic carbocycles. The van der Waals surface area contributed by atoms with Gasteiger partial charge in [-0.05, 0) is 73.5 Å². The van der Waals surface area contributed by atoms with Crippen molar-refractivity contribution >= 4 is 44.1 Å². The Bertz CT molecular complexity index is 1570. The summed E-state index contributed by atoms with van der Waals surface area (Å²) in [6.07, 6.45) is 0. The highest BCUT2D eigenvalue weighted by atomic mass is 32.1. The maximum Gasteiger partial charge on any atom is 0.301 e. The summed E-state index contributed by atoms with van der Waals surface area (Å²) in [7, 11) is 3.14. The fourth-order valence-electron chi connectivity index (χ4n) is 4.56. The van der Waals surface area contributed by atoms with Gasteiger partial charge in [0, 0.05) is 5.56 Å². The predicted molar refractivity (Wildman–Crippen MR) is 146 cm³/mol. The topological polar surface area (TPSA) is 98.2 Å². The van der Waals surface area contributed by atoms with E-state index in [-0.39, 0.29) is 11.3 Å². The molecule has 0 radical (unpaired) electrons. The number of anilines is 1. The van der Waals surface area contributed by atoms with Crippen LogP contribution in [-0.4, -0.2) is 42.6 Å². The van der Waals surface area contributed by atoms with E-state index in [1.165, 1.54) is 16.2 Å². The second-order valence-corrected chi connectivity index (χ2v) is 9.69. The monoisotopic (exact) mass is 530 g/mol. The van der Waals surface area contributed by atoms with Crippen molar-refractivity contribution in [3.63, 3.8) is 0 Å².